The molecule has 21 heavy (non-hydrogen) atoms. The average Bonchev–Trinajstić information content (AvgIpc) is 2.52. The first kappa shape index (κ1) is 14.7. The number of non-ortho nitro benzene ring substituents is 1. The Morgan fingerprint density at radius 3 is 2.57 bits per heavy atom. The summed E-state index contributed by atoms with van der Waals surface area (Å²) in [6.07, 6.45) is 2.91. The van der Waals surface area contributed by atoms with Crippen molar-refractivity contribution in [1.29, 1.82) is 0 Å². The van der Waals surface area contributed by atoms with Crippen molar-refractivity contribution in [3.05, 3.63) is 39.6 Å². The van der Waals surface area contributed by atoms with Crippen molar-refractivity contribution in [2.45, 2.75) is 31.7 Å². The average molecular weight is 293 g/mol. The van der Waals surface area contributed by atoms with Crippen LogP contribution in [0.3, 0.4) is 0 Å². The van der Waals surface area contributed by atoms with Gasteiger partial charge in [0.1, 0.15) is 11.4 Å². The lowest BCUT2D eigenvalue weighted by atomic mass is 9.94. The molecule has 9 nitrogen and oxygen atoms in total. The second-order valence-electron chi connectivity index (χ2n) is 4.67. The minimum Gasteiger partial charge on any atom is -0.695 e. The topological polar surface area (TPSA) is 126 Å². The van der Waals surface area contributed by atoms with Gasteiger partial charge in [-0.3, -0.25) is 10.1 Å². The minimum absolute atomic E-state index is 0.0403. The lowest BCUT2D eigenvalue weighted by Crippen LogP contribution is -2.33. The van der Waals surface area contributed by atoms with Gasteiger partial charge in [0.15, 0.2) is 6.04 Å². The van der Waals surface area contributed by atoms with Gasteiger partial charge in [0.2, 0.25) is 0 Å². The largest absolute Gasteiger partial charge is 0.695 e. The molecule has 2 N–H and O–H groups in total. The van der Waals surface area contributed by atoms with Crippen LogP contribution in [0.1, 0.15) is 25.7 Å². The molecule has 1 aliphatic rings. The van der Waals surface area contributed by atoms with Gasteiger partial charge in [-0.05, 0) is 37.8 Å². The van der Waals surface area contributed by atoms with Crippen molar-refractivity contribution in [3.8, 4) is 0 Å². The summed E-state index contributed by atoms with van der Waals surface area (Å²) in [7, 11) is 0. The maximum atomic E-state index is 11.9. The molecule has 0 radical (unpaired) electrons. The van der Waals surface area contributed by atoms with Gasteiger partial charge in [0.05, 0.1) is 10.1 Å². The van der Waals surface area contributed by atoms with Crippen molar-refractivity contribution in [2.75, 3.05) is 5.43 Å². The number of hydrogen-bond donors (Lipinski definition) is 2. The second kappa shape index (κ2) is 6.64. The first-order valence-electron chi connectivity index (χ1n) is 6.50. The number of nitro benzene ring substituents is 1. The molecule has 1 aromatic carbocycles. The summed E-state index contributed by atoms with van der Waals surface area (Å²) in [6, 6.07) is 4.96. The third kappa shape index (κ3) is 3.65. The van der Waals surface area contributed by atoms with Gasteiger partial charge in [-0.1, -0.05) is 5.16 Å². The number of nitro groups is 1. The maximum absolute atomic E-state index is 11.9. The normalized spacial score (nSPS) is 21.2. The number of nitrogens with zero attached hydrogens (tertiary/aromatic N) is 4. The van der Waals surface area contributed by atoms with Gasteiger partial charge in [0, 0.05) is 12.1 Å². The number of oxime groups is 1. The first-order chi connectivity index (χ1) is 10.1. The summed E-state index contributed by atoms with van der Waals surface area (Å²) in [5, 5.41) is 38.1. The molecule has 112 valence electrons. The van der Waals surface area contributed by atoms with Crippen molar-refractivity contribution >= 4 is 17.1 Å². The van der Waals surface area contributed by atoms with Crippen molar-refractivity contribution < 1.29 is 15.0 Å². The van der Waals surface area contributed by atoms with E-state index in [-0.39, 0.29) is 5.69 Å². The fourth-order valence-electron chi connectivity index (χ4n) is 2.17. The fourth-order valence-corrected chi connectivity index (χ4v) is 2.17. The zero-order valence-corrected chi connectivity index (χ0v) is 11.2. The van der Waals surface area contributed by atoms with E-state index in [2.05, 4.69) is 15.8 Å². The Morgan fingerprint density at radius 1 is 1.24 bits per heavy atom. The van der Waals surface area contributed by atoms with E-state index in [1.54, 1.807) is 0 Å². The van der Waals surface area contributed by atoms with E-state index < -0.39 is 11.0 Å². The van der Waals surface area contributed by atoms with E-state index in [0.717, 1.165) is 12.8 Å². The summed E-state index contributed by atoms with van der Waals surface area (Å²) in [4.78, 5) is 10.5. The van der Waals surface area contributed by atoms with E-state index in [0.29, 0.717) is 29.1 Å². The molecule has 0 unspecified atom stereocenters. The van der Waals surface area contributed by atoms with Gasteiger partial charge in [-0.15, -0.1) is 5.43 Å². The monoisotopic (exact) mass is 293 g/mol. The number of anilines is 1. The van der Waals surface area contributed by atoms with Crippen LogP contribution in [0.5, 0.6) is 0 Å². The Kier molecular flexibility index (Phi) is 4.64. The fraction of sp³-hybridized carbons (Fsp3) is 0.417. The molecule has 0 spiro atoms. The number of benzene rings is 1. The van der Waals surface area contributed by atoms with E-state index in [4.69, 9.17) is 5.21 Å². The Morgan fingerprint density at radius 2 is 1.95 bits per heavy atom. The predicted molar refractivity (Wildman–Crippen MR) is 74.3 cm³/mol. The molecule has 1 fully saturated rings. The van der Waals surface area contributed by atoms with Crippen LogP contribution in [-0.4, -0.2) is 26.7 Å². The third-order valence-electron chi connectivity index (χ3n) is 3.30. The minimum atomic E-state index is -0.575. The molecule has 0 saturated heterocycles. The Hall–Kier alpha value is -2.71. The molecule has 9 heteroatoms. The molecular weight excluding hydrogens is 278 g/mol. The summed E-state index contributed by atoms with van der Waals surface area (Å²) in [5.41, 5.74) is 3.37. The summed E-state index contributed by atoms with van der Waals surface area (Å²) in [6.45, 7) is 0. The lowest BCUT2D eigenvalue weighted by molar-refractivity contribution is -0.551. The predicted octanol–water partition coefficient (Wildman–Crippen LogP) is 2.66. The van der Waals surface area contributed by atoms with Crippen LogP contribution in [0.4, 0.5) is 11.4 Å². The molecule has 1 saturated carbocycles. The number of rotatable bonds is 4. The van der Waals surface area contributed by atoms with Crippen LogP contribution in [0.2, 0.25) is 0 Å². The van der Waals surface area contributed by atoms with Crippen molar-refractivity contribution in [2.24, 2.45) is 10.4 Å². The highest BCUT2D eigenvalue weighted by Crippen LogP contribution is 2.19. The zero-order valence-electron chi connectivity index (χ0n) is 11.2. The third-order valence-corrected chi connectivity index (χ3v) is 3.30. The first-order valence-corrected chi connectivity index (χ1v) is 6.50. The molecule has 0 aliphatic heterocycles. The van der Waals surface area contributed by atoms with Crippen LogP contribution in [-0.2, 0) is 0 Å². The quantitative estimate of drug-likeness (QED) is 0.290. The molecule has 2 rings (SSSR count). The van der Waals surface area contributed by atoms with Gasteiger partial charge in [-0.2, -0.15) is 4.86 Å². The Labute approximate surface area is 120 Å². The van der Waals surface area contributed by atoms with Crippen LogP contribution in [0, 0.1) is 15.3 Å². The molecule has 1 atom stereocenters. The van der Waals surface area contributed by atoms with E-state index >= 15 is 0 Å². The zero-order chi connectivity index (χ0) is 15.2. The van der Waals surface area contributed by atoms with Gasteiger partial charge in [0.25, 0.3) is 5.69 Å². The van der Waals surface area contributed by atoms with E-state index in [1.807, 2.05) is 0 Å². The lowest BCUT2D eigenvalue weighted by Gasteiger charge is -2.23. The van der Waals surface area contributed by atoms with Crippen LogP contribution in [0.25, 0.3) is 0 Å². The highest BCUT2D eigenvalue weighted by molar-refractivity contribution is 5.88. The molecular formula is C12H15N5O4. The van der Waals surface area contributed by atoms with Crippen LogP contribution in [0.15, 0.2) is 34.6 Å². The van der Waals surface area contributed by atoms with Crippen LogP contribution >= 0.6 is 0 Å². The maximum Gasteiger partial charge on any atom is 0.269 e. The molecule has 0 amide bonds. The van der Waals surface area contributed by atoms with E-state index in [9.17, 15) is 15.3 Å². The number of hydrogen-bond acceptors (Lipinski definition) is 6. The van der Waals surface area contributed by atoms with Crippen molar-refractivity contribution in [3.63, 3.8) is 0 Å². The summed E-state index contributed by atoms with van der Waals surface area (Å²) in [5.74, 6) is 0. The van der Waals surface area contributed by atoms with E-state index in [1.165, 1.54) is 24.3 Å². The summed E-state index contributed by atoms with van der Waals surface area (Å²) >= 11 is 0. The molecule has 1 aliphatic carbocycles. The standard InChI is InChI=1S/C12H15N5O4/c18-14-11-3-1-2-4-12(11)16(19)15-13-9-5-7-10(8-6-9)17(20)21/h5-8,12-13,18H,1-4H2/b14-11-,16-15?/t12-/m0/s1. The Balaban J connectivity index is 2.04. The molecule has 0 aromatic heterocycles. The Bertz CT molecular complexity index is 570. The highest BCUT2D eigenvalue weighted by Gasteiger charge is 2.25. The van der Waals surface area contributed by atoms with Gasteiger partial charge in [-0.25, -0.2) is 0 Å². The van der Waals surface area contributed by atoms with Crippen LogP contribution < -0.4 is 5.43 Å². The number of nitrogens with one attached hydrogen (secondary N) is 1. The SMILES string of the molecule is O=[N+]([O-])c1ccc(NN=[N+]([O-])[C@H]2CCCC/C2=N/O)cc1. The molecule has 1 aromatic rings. The summed E-state index contributed by atoms with van der Waals surface area (Å²) < 4.78 is 0. The van der Waals surface area contributed by atoms with Gasteiger partial charge >= 0.3 is 0 Å². The molecule has 0 heterocycles. The van der Waals surface area contributed by atoms with Gasteiger partial charge < -0.3 is 10.4 Å². The smallest absolute Gasteiger partial charge is 0.269 e. The number of hydroxylamine groups is 1. The highest BCUT2D eigenvalue weighted by atomic mass is 16.6. The molecule has 0 bridgehead atoms. The second-order valence-corrected chi connectivity index (χ2v) is 4.67. The van der Waals surface area contributed by atoms with Crippen molar-refractivity contribution in [1.82, 2.24) is 0 Å².